The smallest absolute Gasteiger partial charge is 0.347 e. The van der Waals surface area contributed by atoms with Crippen LogP contribution >= 0.6 is 11.6 Å². The van der Waals surface area contributed by atoms with E-state index in [0.717, 1.165) is 73.9 Å². The van der Waals surface area contributed by atoms with Gasteiger partial charge in [-0.2, -0.15) is 0 Å². The Hall–Kier alpha value is -3.36. The highest BCUT2D eigenvalue weighted by molar-refractivity contribution is 6.33. The summed E-state index contributed by atoms with van der Waals surface area (Å²) >= 11 is 5.83. The number of nitrogens with one attached hydrogen (secondary N) is 1. The van der Waals surface area contributed by atoms with Crippen LogP contribution in [0.25, 0.3) is 0 Å². The zero-order valence-corrected chi connectivity index (χ0v) is 19.9. The molecule has 2 aromatic heterocycles. The van der Waals surface area contributed by atoms with Crippen LogP contribution in [0.5, 0.6) is 0 Å². The minimum Gasteiger partial charge on any atom is -0.388 e. The fraction of sp³-hybridized carbons (Fsp3) is 0.308. The van der Waals surface area contributed by atoms with Crippen molar-refractivity contribution in [1.82, 2.24) is 9.97 Å². The maximum absolute atomic E-state index is 13.1. The standard InChI is InChI=1S/C26H26ClFN4O3/c27-22-13-18(28)8-11-21(22)25(33)35-26(34)23(29)14-20-9-6-16(15-31-20)3-1-5-19-10-7-17-4-2-12-30-24(17)32-19/h6-11,13,15,23H,1-5,12,14,29H2,(H,30,32)/t23-/m0/s1. The number of anilines is 1. The molecule has 1 aromatic carbocycles. The van der Waals surface area contributed by atoms with Crippen molar-refractivity contribution in [2.45, 2.75) is 44.6 Å². The Morgan fingerprint density at radius 1 is 1.14 bits per heavy atom. The van der Waals surface area contributed by atoms with E-state index in [-0.39, 0.29) is 17.0 Å². The van der Waals surface area contributed by atoms with Gasteiger partial charge in [0.1, 0.15) is 17.7 Å². The quantitative estimate of drug-likeness (QED) is 0.357. The van der Waals surface area contributed by atoms with Gasteiger partial charge in [-0.3, -0.25) is 4.98 Å². The Labute approximate surface area is 207 Å². The van der Waals surface area contributed by atoms with Crippen molar-refractivity contribution in [1.29, 1.82) is 0 Å². The number of hydrogen-bond donors (Lipinski definition) is 2. The molecule has 0 unspecified atom stereocenters. The monoisotopic (exact) mass is 496 g/mol. The third kappa shape index (κ3) is 6.61. The molecule has 0 spiro atoms. The first kappa shape index (κ1) is 24.8. The summed E-state index contributed by atoms with van der Waals surface area (Å²) in [5.74, 6) is -1.48. The molecule has 0 fully saturated rings. The van der Waals surface area contributed by atoms with Crippen LogP contribution in [0.2, 0.25) is 5.02 Å². The molecule has 4 rings (SSSR count). The minimum absolute atomic E-state index is 0.107. The number of nitrogens with two attached hydrogens (primary N) is 1. The molecule has 1 aliphatic rings. The lowest BCUT2D eigenvalue weighted by molar-refractivity contribution is -0.139. The van der Waals surface area contributed by atoms with Gasteiger partial charge in [0.15, 0.2) is 0 Å². The fourth-order valence-electron chi connectivity index (χ4n) is 3.89. The number of nitrogens with zero attached hydrogens (tertiary/aromatic N) is 2. The highest BCUT2D eigenvalue weighted by Crippen LogP contribution is 2.21. The van der Waals surface area contributed by atoms with Gasteiger partial charge in [-0.15, -0.1) is 0 Å². The van der Waals surface area contributed by atoms with Gasteiger partial charge in [0.25, 0.3) is 0 Å². The number of pyridine rings is 2. The van der Waals surface area contributed by atoms with Gasteiger partial charge in [-0.1, -0.05) is 23.7 Å². The Kier molecular flexibility index (Phi) is 8.05. The van der Waals surface area contributed by atoms with Crippen molar-refractivity contribution in [3.05, 3.63) is 87.6 Å². The molecule has 0 saturated heterocycles. The maximum Gasteiger partial charge on any atom is 0.347 e. The van der Waals surface area contributed by atoms with Crippen LogP contribution in [0.3, 0.4) is 0 Å². The van der Waals surface area contributed by atoms with Crippen molar-refractivity contribution >= 4 is 29.4 Å². The molecular formula is C26H26ClFN4O3. The molecule has 7 nitrogen and oxygen atoms in total. The largest absolute Gasteiger partial charge is 0.388 e. The van der Waals surface area contributed by atoms with Crippen molar-refractivity contribution in [2.24, 2.45) is 5.73 Å². The number of halogens is 2. The van der Waals surface area contributed by atoms with Crippen LogP contribution < -0.4 is 11.1 Å². The highest BCUT2D eigenvalue weighted by Gasteiger charge is 2.22. The normalized spacial score (nSPS) is 13.5. The van der Waals surface area contributed by atoms with Gasteiger partial charge in [0.2, 0.25) is 0 Å². The lowest BCUT2D eigenvalue weighted by atomic mass is 10.0. The number of aryl methyl sites for hydroxylation is 3. The molecule has 3 heterocycles. The minimum atomic E-state index is -1.08. The molecule has 0 aliphatic carbocycles. The number of hydrogen-bond acceptors (Lipinski definition) is 7. The molecule has 0 amide bonds. The van der Waals surface area contributed by atoms with Crippen LogP contribution in [0.1, 0.15) is 45.7 Å². The number of fused-ring (bicyclic) bond motifs is 1. The number of ether oxygens (including phenoxy) is 1. The average Bonchev–Trinajstić information content (AvgIpc) is 2.85. The molecule has 3 N–H and O–H groups in total. The first-order chi connectivity index (χ1) is 16.9. The van der Waals surface area contributed by atoms with E-state index < -0.39 is 23.8 Å². The molecule has 0 saturated carbocycles. The van der Waals surface area contributed by atoms with Gasteiger partial charge in [0.05, 0.1) is 10.6 Å². The average molecular weight is 497 g/mol. The van der Waals surface area contributed by atoms with E-state index in [4.69, 9.17) is 27.1 Å². The number of carbonyl (C=O) groups excluding carboxylic acids is 2. The molecule has 0 bridgehead atoms. The van der Waals surface area contributed by atoms with E-state index >= 15 is 0 Å². The van der Waals surface area contributed by atoms with Crippen LogP contribution in [-0.4, -0.2) is 34.5 Å². The molecule has 182 valence electrons. The predicted octanol–water partition coefficient (Wildman–Crippen LogP) is 4.06. The summed E-state index contributed by atoms with van der Waals surface area (Å²) in [5, 5.41) is 3.22. The van der Waals surface area contributed by atoms with Crippen molar-refractivity contribution in [2.75, 3.05) is 11.9 Å². The maximum atomic E-state index is 13.1. The SMILES string of the molecule is N[C@@H](Cc1ccc(CCCc2ccc3c(n2)NCCC3)cn1)C(=O)OC(=O)c1ccc(F)cc1Cl. The lowest BCUT2D eigenvalue weighted by Gasteiger charge is -2.17. The summed E-state index contributed by atoms with van der Waals surface area (Å²) in [7, 11) is 0. The number of benzene rings is 1. The number of rotatable bonds is 8. The van der Waals surface area contributed by atoms with Gasteiger partial charge < -0.3 is 15.8 Å². The van der Waals surface area contributed by atoms with Crippen LogP contribution in [0.4, 0.5) is 10.2 Å². The van der Waals surface area contributed by atoms with E-state index in [1.165, 1.54) is 5.56 Å². The van der Waals surface area contributed by atoms with E-state index in [1.807, 2.05) is 12.1 Å². The zero-order valence-electron chi connectivity index (χ0n) is 19.1. The second kappa shape index (κ2) is 11.4. The number of carbonyl (C=O) groups is 2. The summed E-state index contributed by atoms with van der Waals surface area (Å²) in [4.78, 5) is 33.5. The molecule has 0 radical (unpaired) electrons. The number of aromatic nitrogens is 2. The fourth-order valence-corrected chi connectivity index (χ4v) is 4.14. The van der Waals surface area contributed by atoms with Crippen molar-refractivity contribution in [3.8, 4) is 0 Å². The van der Waals surface area contributed by atoms with Gasteiger partial charge in [-0.25, -0.2) is 19.0 Å². The molecule has 1 atom stereocenters. The molecule has 35 heavy (non-hydrogen) atoms. The molecule has 1 aliphatic heterocycles. The predicted molar refractivity (Wildman–Crippen MR) is 131 cm³/mol. The first-order valence-corrected chi connectivity index (χ1v) is 11.9. The summed E-state index contributed by atoms with van der Waals surface area (Å²) in [5.41, 5.74) is 9.82. The molecular weight excluding hydrogens is 471 g/mol. The van der Waals surface area contributed by atoms with Gasteiger partial charge in [-0.05, 0) is 73.6 Å². The molecule has 3 aromatic rings. The van der Waals surface area contributed by atoms with E-state index in [9.17, 15) is 14.0 Å². The second-order valence-corrected chi connectivity index (χ2v) is 8.90. The third-order valence-corrected chi connectivity index (χ3v) is 6.13. The summed E-state index contributed by atoms with van der Waals surface area (Å²) in [6, 6.07) is 10.1. The molecule has 9 heteroatoms. The highest BCUT2D eigenvalue weighted by atomic mass is 35.5. The van der Waals surface area contributed by atoms with Gasteiger partial charge >= 0.3 is 11.9 Å². The van der Waals surface area contributed by atoms with E-state index in [0.29, 0.717) is 5.69 Å². The Morgan fingerprint density at radius 3 is 2.74 bits per heavy atom. The van der Waals surface area contributed by atoms with Gasteiger partial charge in [0, 0.05) is 30.6 Å². The third-order valence-electron chi connectivity index (χ3n) is 5.81. The summed E-state index contributed by atoms with van der Waals surface area (Å²) in [6.07, 6.45) is 6.75. The van der Waals surface area contributed by atoms with E-state index in [2.05, 4.69) is 22.4 Å². The van der Waals surface area contributed by atoms with Crippen molar-refractivity contribution < 1.29 is 18.7 Å². The van der Waals surface area contributed by atoms with E-state index in [1.54, 1.807) is 6.20 Å². The Morgan fingerprint density at radius 2 is 1.97 bits per heavy atom. The summed E-state index contributed by atoms with van der Waals surface area (Å²) < 4.78 is 17.9. The lowest BCUT2D eigenvalue weighted by Crippen LogP contribution is -2.36. The second-order valence-electron chi connectivity index (χ2n) is 8.50. The van der Waals surface area contributed by atoms with Crippen molar-refractivity contribution in [3.63, 3.8) is 0 Å². The Balaban J connectivity index is 1.24. The topological polar surface area (TPSA) is 107 Å². The summed E-state index contributed by atoms with van der Waals surface area (Å²) in [6.45, 7) is 0.974. The van der Waals surface area contributed by atoms with Crippen LogP contribution in [-0.2, 0) is 35.2 Å². The van der Waals surface area contributed by atoms with Crippen LogP contribution in [0.15, 0.2) is 48.7 Å². The van der Waals surface area contributed by atoms with Crippen LogP contribution in [0, 0.1) is 5.82 Å². The Bertz CT molecular complexity index is 1220. The first-order valence-electron chi connectivity index (χ1n) is 11.5. The zero-order chi connectivity index (χ0) is 24.8. The number of esters is 2.